The highest BCUT2D eigenvalue weighted by molar-refractivity contribution is 7.89. The summed E-state index contributed by atoms with van der Waals surface area (Å²) in [6.07, 6.45) is 3.00. The molecule has 0 aliphatic carbocycles. The Morgan fingerprint density at radius 2 is 1.71 bits per heavy atom. The summed E-state index contributed by atoms with van der Waals surface area (Å²) >= 11 is 0. The molecule has 2 aromatic rings. The molecule has 0 aromatic heterocycles. The van der Waals surface area contributed by atoms with Crippen molar-refractivity contribution in [2.24, 2.45) is 0 Å². The van der Waals surface area contributed by atoms with Gasteiger partial charge in [0.2, 0.25) is 10.0 Å². The van der Waals surface area contributed by atoms with Crippen molar-refractivity contribution in [1.29, 1.82) is 0 Å². The molecule has 0 unspecified atom stereocenters. The number of sulfonamides is 1. The number of carbonyl (C=O) groups excluding carboxylic acids is 3. The number of amides is 2. The Kier molecular flexibility index (Phi) is 7.80. The van der Waals surface area contributed by atoms with Gasteiger partial charge in [0.25, 0.3) is 17.6 Å². The number of aliphatic hydroxyl groups is 1. The normalized spacial score (nSPS) is 22.8. The van der Waals surface area contributed by atoms with Crippen LogP contribution in [0.15, 0.2) is 59.0 Å². The molecular weight excluding hydrogens is 544 g/mol. The number of carbonyl (C=O) groups is 3. The van der Waals surface area contributed by atoms with Crippen LogP contribution in [0.3, 0.4) is 0 Å². The number of ketones is 1. The molecule has 0 radical (unpaired) electrons. The summed E-state index contributed by atoms with van der Waals surface area (Å²) in [5, 5.41) is 11.8. The van der Waals surface area contributed by atoms with E-state index in [1.807, 2.05) is 19.0 Å². The van der Waals surface area contributed by atoms with Gasteiger partial charge in [-0.3, -0.25) is 14.4 Å². The average molecular weight is 581 g/mol. The van der Waals surface area contributed by atoms with Gasteiger partial charge >= 0.3 is 0 Å². The summed E-state index contributed by atoms with van der Waals surface area (Å²) in [6.45, 7) is 3.65. The molecule has 2 amide bonds. The van der Waals surface area contributed by atoms with E-state index in [2.05, 4.69) is 0 Å². The van der Waals surface area contributed by atoms with Crippen LogP contribution in [0.2, 0.25) is 0 Å². The Balaban J connectivity index is 1.70. The maximum Gasteiger partial charge on any atom is 0.296 e. The minimum atomic E-state index is -3.84. The Hall–Kier alpha value is -3.54. The van der Waals surface area contributed by atoms with Gasteiger partial charge < -0.3 is 19.8 Å². The first kappa shape index (κ1) is 29.0. The van der Waals surface area contributed by atoms with E-state index in [1.165, 1.54) is 38.4 Å². The minimum absolute atomic E-state index is 0.0222. The zero-order valence-corrected chi connectivity index (χ0v) is 24.5. The second-order valence-corrected chi connectivity index (χ2v) is 12.9. The van der Waals surface area contributed by atoms with Gasteiger partial charge in [0.1, 0.15) is 5.76 Å². The Morgan fingerprint density at radius 3 is 2.39 bits per heavy atom. The molecule has 11 heteroatoms. The number of benzene rings is 2. The predicted octanol–water partition coefficient (Wildman–Crippen LogP) is 2.76. The zero-order valence-electron chi connectivity index (χ0n) is 23.7. The molecule has 0 bridgehead atoms. The molecule has 5 rings (SSSR count). The van der Waals surface area contributed by atoms with Gasteiger partial charge in [-0.1, -0.05) is 36.8 Å². The van der Waals surface area contributed by atoms with Crippen LogP contribution in [0.25, 0.3) is 5.76 Å². The van der Waals surface area contributed by atoms with Crippen molar-refractivity contribution < 1.29 is 27.9 Å². The molecule has 2 fully saturated rings. The molecule has 10 nitrogen and oxygen atoms in total. The van der Waals surface area contributed by atoms with Crippen LogP contribution in [-0.4, -0.2) is 92.0 Å². The summed E-state index contributed by atoms with van der Waals surface area (Å²) < 4.78 is 28.2. The van der Waals surface area contributed by atoms with Crippen LogP contribution in [0.4, 0.5) is 5.69 Å². The topological polar surface area (TPSA) is 119 Å². The third-order valence-electron chi connectivity index (χ3n) is 8.17. The minimum Gasteiger partial charge on any atom is -0.507 e. The van der Waals surface area contributed by atoms with E-state index in [9.17, 15) is 27.9 Å². The van der Waals surface area contributed by atoms with Crippen LogP contribution in [-0.2, 0) is 29.9 Å². The maximum atomic E-state index is 14.3. The largest absolute Gasteiger partial charge is 0.507 e. The fraction of sp³-hybridized carbons (Fsp3) is 0.433. The third kappa shape index (κ3) is 4.56. The molecule has 1 spiro atoms. The number of likely N-dealkylation sites (N-methyl/N-ethyl adjacent to an activating group) is 1. The smallest absolute Gasteiger partial charge is 0.296 e. The summed E-state index contributed by atoms with van der Waals surface area (Å²) in [4.78, 5) is 46.4. The van der Waals surface area contributed by atoms with E-state index in [0.29, 0.717) is 43.9 Å². The number of likely N-dealkylation sites (tertiary alicyclic amines) is 1. The lowest BCUT2D eigenvalue weighted by Gasteiger charge is -2.34. The van der Waals surface area contributed by atoms with Crippen molar-refractivity contribution in [3.8, 4) is 0 Å². The fourth-order valence-corrected chi connectivity index (χ4v) is 7.79. The predicted molar refractivity (Wildman–Crippen MR) is 155 cm³/mol. The Labute approximate surface area is 240 Å². The number of hydrogen-bond acceptors (Lipinski definition) is 7. The molecule has 2 aromatic carbocycles. The van der Waals surface area contributed by atoms with Crippen molar-refractivity contribution in [2.45, 2.75) is 43.0 Å². The number of para-hydroxylation sites is 1. The number of hydrogen-bond donors (Lipinski definition) is 1. The second kappa shape index (κ2) is 11.0. The maximum absolute atomic E-state index is 14.3. The second-order valence-electron chi connectivity index (χ2n) is 10.9. The van der Waals surface area contributed by atoms with Crippen molar-refractivity contribution in [1.82, 2.24) is 14.1 Å². The van der Waals surface area contributed by atoms with Crippen LogP contribution in [0, 0.1) is 0 Å². The summed E-state index contributed by atoms with van der Waals surface area (Å²) in [6, 6.07) is 12.7. The monoisotopic (exact) mass is 580 g/mol. The molecule has 3 heterocycles. The molecule has 1 N–H and O–H groups in total. The lowest BCUT2D eigenvalue weighted by molar-refractivity contribution is -0.143. The molecule has 3 aliphatic heterocycles. The molecule has 218 valence electrons. The summed E-state index contributed by atoms with van der Waals surface area (Å²) in [7, 11) is -0.0539. The van der Waals surface area contributed by atoms with Gasteiger partial charge in [0, 0.05) is 37.3 Å². The standard InChI is InChI=1S/C30H36N4O6S/c1-4-33-24-15-7-6-14-23(24)30(29(33)38)25(27(36)28(37)34(30)19-11-16-31(2)3)26(35)21-12-10-13-22(20-21)41(39,40)32-17-8-5-9-18-32/h6-7,10,12-15,20,35H,4-5,8-9,11,16-19H2,1-3H3/t30-/m0/s1. The first-order chi connectivity index (χ1) is 19.6. The Bertz CT molecular complexity index is 1530. The highest BCUT2D eigenvalue weighted by Gasteiger charge is 2.66. The van der Waals surface area contributed by atoms with Gasteiger partial charge in [-0.2, -0.15) is 4.31 Å². The third-order valence-corrected chi connectivity index (χ3v) is 10.1. The highest BCUT2D eigenvalue weighted by atomic mass is 32.2. The number of anilines is 1. The molecular formula is C30H36N4O6S. The van der Waals surface area contributed by atoms with Crippen molar-refractivity contribution in [3.05, 3.63) is 65.2 Å². The van der Waals surface area contributed by atoms with Crippen molar-refractivity contribution in [3.63, 3.8) is 0 Å². The van der Waals surface area contributed by atoms with Crippen molar-refractivity contribution in [2.75, 3.05) is 51.7 Å². The van der Waals surface area contributed by atoms with E-state index in [-0.39, 0.29) is 22.6 Å². The number of fused-ring (bicyclic) bond motifs is 2. The summed E-state index contributed by atoms with van der Waals surface area (Å²) in [5.41, 5.74) is -1.15. The van der Waals surface area contributed by atoms with Gasteiger partial charge in [0.15, 0.2) is 5.54 Å². The van der Waals surface area contributed by atoms with Crippen LogP contribution < -0.4 is 4.90 Å². The van der Waals surface area contributed by atoms with E-state index in [1.54, 1.807) is 31.2 Å². The first-order valence-corrected chi connectivity index (χ1v) is 15.5. The van der Waals surface area contributed by atoms with Crippen LogP contribution in [0.5, 0.6) is 0 Å². The molecule has 0 saturated carbocycles. The van der Waals surface area contributed by atoms with Crippen molar-refractivity contribution >= 4 is 39.1 Å². The van der Waals surface area contributed by atoms with Gasteiger partial charge in [-0.15, -0.1) is 0 Å². The number of piperidine rings is 1. The lowest BCUT2D eigenvalue weighted by atomic mass is 9.82. The molecule has 3 aliphatic rings. The van der Waals surface area contributed by atoms with E-state index < -0.39 is 38.9 Å². The van der Waals surface area contributed by atoms with Gasteiger partial charge in [-0.05, 0) is 65.0 Å². The highest BCUT2D eigenvalue weighted by Crippen LogP contribution is 2.53. The van der Waals surface area contributed by atoms with Crippen LogP contribution >= 0.6 is 0 Å². The Morgan fingerprint density at radius 1 is 1.00 bits per heavy atom. The molecule has 41 heavy (non-hydrogen) atoms. The van der Waals surface area contributed by atoms with Gasteiger partial charge in [0.05, 0.1) is 16.2 Å². The summed E-state index contributed by atoms with van der Waals surface area (Å²) in [5.74, 6) is -2.92. The zero-order chi connectivity index (χ0) is 29.5. The molecule has 1 atom stereocenters. The number of Topliss-reactive ketones (excluding diaryl/α,β-unsaturated/α-hetero) is 1. The van der Waals surface area contributed by atoms with Gasteiger partial charge in [-0.25, -0.2) is 8.42 Å². The number of rotatable bonds is 8. The van der Waals surface area contributed by atoms with E-state index >= 15 is 0 Å². The molecule has 2 saturated heterocycles. The quantitative estimate of drug-likeness (QED) is 0.290. The number of aliphatic hydroxyl groups excluding tert-OH is 1. The van der Waals surface area contributed by atoms with E-state index in [4.69, 9.17) is 0 Å². The SMILES string of the molecule is CCN1C(=O)[C@@]2(C(=C(O)c3cccc(S(=O)(=O)N4CCCCC4)c3)C(=O)C(=O)N2CCCN(C)C)c2ccccc21. The number of nitrogens with zero attached hydrogens (tertiary/aromatic N) is 4. The van der Waals surface area contributed by atoms with Crippen LogP contribution in [0.1, 0.15) is 43.7 Å². The first-order valence-electron chi connectivity index (χ1n) is 14.0. The lowest BCUT2D eigenvalue weighted by Crippen LogP contribution is -2.52. The van der Waals surface area contributed by atoms with E-state index in [0.717, 1.165) is 19.3 Å². The fourth-order valence-electron chi connectivity index (χ4n) is 6.23. The average Bonchev–Trinajstić information content (AvgIpc) is 3.35.